The van der Waals surface area contributed by atoms with Crippen LogP contribution in [0.25, 0.3) is 6.08 Å². The largest absolute Gasteiger partial charge is 0.302 e. The van der Waals surface area contributed by atoms with E-state index in [1.54, 1.807) is 4.90 Å². The molecule has 1 fully saturated rings. The van der Waals surface area contributed by atoms with Gasteiger partial charge in [0, 0.05) is 30.5 Å². The molecule has 1 aliphatic rings. The van der Waals surface area contributed by atoms with Crippen LogP contribution >= 0.6 is 35.3 Å². The summed E-state index contributed by atoms with van der Waals surface area (Å²) < 4.78 is 0.528. The molecule has 4 rings (SSSR count). The van der Waals surface area contributed by atoms with Crippen molar-refractivity contribution in [2.45, 2.75) is 33.1 Å². The molecule has 5 nitrogen and oxygen atoms in total. The number of benzene rings is 2. The Bertz CT molecular complexity index is 1330. The number of carbonyl (C=O) groups is 2. The molecule has 0 saturated carbocycles. The minimum Gasteiger partial charge on any atom is -0.302 e. The first-order chi connectivity index (χ1) is 17.4. The van der Waals surface area contributed by atoms with E-state index >= 15 is 0 Å². The molecule has 36 heavy (non-hydrogen) atoms. The maximum absolute atomic E-state index is 12.9. The van der Waals surface area contributed by atoms with Crippen LogP contribution < -0.4 is 5.32 Å². The van der Waals surface area contributed by atoms with E-state index in [1.807, 2.05) is 61.7 Å². The highest BCUT2D eigenvalue weighted by Gasteiger charge is 2.31. The smallest absolute Gasteiger partial charge is 0.266 e. The van der Waals surface area contributed by atoms with Crippen LogP contribution in [0.1, 0.15) is 41.3 Å². The Balaban J connectivity index is 1.25. The topological polar surface area (TPSA) is 62.3 Å². The fraction of sp³-hybridized carbons (Fsp3) is 0.214. The number of thioether (sulfide) groups is 1. The monoisotopic (exact) mass is 533 g/mol. The van der Waals surface area contributed by atoms with E-state index in [9.17, 15) is 9.59 Å². The van der Waals surface area contributed by atoms with Gasteiger partial charge in [0.05, 0.1) is 4.91 Å². The van der Waals surface area contributed by atoms with Crippen molar-refractivity contribution in [1.82, 2.24) is 9.88 Å². The summed E-state index contributed by atoms with van der Waals surface area (Å²) in [6, 6.07) is 18.3. The minimum absolute atomic E-state index is 0.105. The zero-order valence-electron chi connectivity index (χ0n) is 20.2. The Kier molecular flexibility index (Phi) is 8.85. The summed E-state index contributed by atoms with van der Waals surface area (Å²) in [4.78, 5) is 32.9. The van der Waals surface area contributed by atoms with E-state index in [0.717, 1.165) is 22.4 Å². The molecule has 184 valence electrons. The van der Waals surface area contributed by atoms with Gasteiger partial charge in [0.25, 0.3) is 5.91 Å². The number of carbonyl (C=O) groups excluding carboxylic acids is 2. The molecule has 0 spiro atoms. The molecule has 0 atom stereocenters. The number of nitrogens with one attached hydrogen (secondary N) is 1. The maximum Gasteiger partial charge on any atom is 0.266 e. The van der Waals surface area contributed by atoms with Crippen molar-refractivity contribution in [2.75, 3.05) is 11.9 Å². The van der Waals surface area contributed by atoms with E-state index < -0.39 is 0 Å². The number of aryl methyl sites for hydroxylation is 1. The summed E-state index contributed by atoms with van der Waals surface area (Å²) in [5.41, 5.74) is 4.50. The lowest BCUT2D eigenvalue weighted by Gasteiger charge is -2.13. The van der Waals surface area contributed by atoms with Gasteiger partial charge in [0.15, 0.2) is 5.13 Å². The quantitative estimate of drug-likeness (QED) is 0.248. The summed E-state index contributed by atoms with van der Waals surface area (Å²) >= 11 is 8.21. The Hall–Kier alpha value is -3.07. The average Bonchev–Trinajstić information content (AvgIpc) is 3.38. The zero-order valence-corrected chi connectivity index (χ0v) is 22.6. The number of hydrogen-bond acceptors (Lipinski definition) is 6. The average molecular weight is 534 g/mol. The van der Waals surface area contributed by atoms with Gasteiger partial charge in [0.1, 0.15) is 4.32 Å². The Morgan fingerprint density at radius 3 is 2.75 bits per heavy atom. The molecule has 0 radical (unpaired) electrons. The molecule has 0 bridgehead atoms. The second-order valence-corrected chi connectivity index (χ2v) is 11.4. The first kappa shape index (κ1) is 26.0. The normalized spacial score (nSPS) is 15.1. The molecule has 1 aliphatic heterocycles. The number of hydrogen-bond donors (Lipinski definition) is 1. The molecule has 1 saturated heterocycles. The molecule has 8 heteroatoms. The molecular weight excluding hydrogens is 507 g/mol. The van der Waals surface area contributed by atoms with Crippen molar-refractivity contribution < 1.29 is 9.59 Å². The number of allylic oxidation sites excluding steroid dienone is 2. The van der Waals surface area contributed by atoms with Gasteiger partial charge in [-0.25, -0.2) is 4.98 Å². The molecule has 2 heterocycles. The highest BCUT2D eigenvalue weighted by atomic mass is 32.2. The molecule has 3 aromatic rings. The van der Waals surface area contributed by atoms with E-state index in [1.165, 1.54) is 34.2 Å². The van der Waals surface area contributed by atoms with Gasteiger partial charge in [-0.2, -0.15) is 0 Å². The van der Waals surface area contributed by atoms with Crippen LogP contribution in [-0.4, -0.2) is 32.6 Å². The number of anilines is 1. The van der Waals surface area contributed by atoms with Gasteiger partial charge in [0.2, 0.25) is 5.91 Å². The molecular formula is C28H27N3O2S3. The third-order valence-corrected chi connectivity index (χ3v) is 7.76. The Labute approximate surface area is 225 Å². The van der Waals surface area contributed by atoms with E-state index in [-0.39, 0.29) is 18.2 Å². The highest BCUT2D eigenvalue weighted by Crippen LogP contribution is 2.32. The van der Waals surface area contributed by atoms with Crippen molar-refractivity contribution in [2.24, 2.45) is 0 Å². The fourth-order valence-electron chi connectivity index (χ4n) is 3.80. The Morgan fingerprint density at radius 1 is 1.17 bits per heavy atom. The third-order valence-electron chi connectivity index (χ3n) is 5.47. The molecule has 1 N–H and O–H groups in total. The lowest BCUT2D eigenvalue weighted by Crippen LogP contribution is -2.29. The number of thiazole rings is 1. The Morgan fingerprint density at radius 2 is 1.97 bits per heavy atom. The van der Waals surface area contributed by atoms with Crippen LogP contribution in [0.3, 0.4) is 0 Å². The van der Waals surface area contributed by atoms with E-state index in [4.69, 9.17) is 12.2 Å². The summed E-state index contributed by atoms with van der Waals surface area (Å²) in [5.74, 6) is -0.221. The SMILES string of the molecule is CC(=Cc1ccccc1)C=C1SC(=S)N(CCCC(=O)Nc2ncc(Cc3cccc(C)c3)s2)C1=O. The van der Waals surface area contributed by atoms with Gasteiger partial charge in [-0.15, -0.1) is 11.3 Å². The van der Waals surface area contributed by atoms with Crippen molar-refractivity contribution in [3.05, 3.63) is 98.9 Å². The summed E-state index contributed by atoms with van der Waals surface area (Å²) in [6.07, 6.45) is 7.31. The highest BCUT2D eigenvalue weighted by molar-refractivity contribution is 8.26. The second-order valence-electron chi connectivity index (χ2n) is 8.58. The first-order valence-corrected chi connectivity index (χ1v) is 13.7. The van der Waals surface area contributed by atoms with Gasteiger partial charge >= 0.3 is 0 Å². The number of amides is 2. The lowest BCUT2D eigenvalue weighted by atomic mass is 10.1. The van der Waals surface area contributed by atoms with Gasteiger partial charge in [-0.05, 0) is 43.0 Å². The van der Waals surface area contributed by atoms with Crippen LogP contribution in [-0.2, 0) is 16.0 Å². The van der Waals surface area contributed by atoms with Crippen LogP contribution in [0.5, 0.6) is 0 Å². The van der Waals surface area contributed by atoms with Gasteiger partial charge < -0.3 is 5.32 Å². The molecule has 0 unspecified atom stereocenters. The van der Waals surface area contributed by atoms with Crippen LogP contribution in [0.2, 0.25) is 0 Å². The third kappa shape index (κ3) is 7.22. The standard InChI is InChI=1S/C28H27N3O2S3/c1-19-8-6-11-22(14-19)17-23-18-29-27(35-23)30-25(32)12-7-13-31-26(33)24(36-28(31)34)16-20(2)15-21-9-4-3-5-10-21/h3-6,8-11,14-16,18H,7,12-13,17H2,1-2H3,(H,29,30,32). The maximum atomic E-state index is 12.9. The second kappa shape index (κ2) is 12.3. The van der Waals surface area contributed by atoms with Crippen molar-refractivity contribution in [3.8, 4) is 0 Å². The van der Waals surface area contributed by atoms with Crippen LogP contribution in [0.4, 0.5) is 5.13 Å². The number of thiocarbonyl (C=S) groups is 1. The number of rotatable bonds is 9. The lowest BCUT2D eigenvalue weighted by molar-refractivity contribution is -0.122. The summed E-state index contributed by atoms with van der Waals surface area (Å²) in [6.45, 7) is 4.45. The van der Waals surface area contributed by atoms with Crippen molar-refractivity contribution in [3.63, 3.8) is 0 Å². The summed E-state index contributed by atoms with van der Waals surface area (Å²) in [5, 5.41) is 3.47. The zero-order chi connectivity index (χ0) is 25.5. The molecule has 1 aromatic heterocycles. The molecule has 2 aromatic carbocycles. The predicted molar refractivity (Wildman–Crippen MR) is 154 cm³/mol. The molecule has 0 aliphatic carbocycles. The predicted octanol–water partition coefficient (Wildman–Crippen LogP) is 6.61. The summed E-state index contributed by atoms with van der Waals surface area (Å²) in [7, 11) is 0. The number of nitrogens with zero attached hydrogens (tertiary/aromatic N) is 2. The van der Waals surface area contributed by atoms with E-state index in [2.05, 4.69) is 35.4 Å². The number of aromatic nitrogens is 1. The minimum atomic E-state index is -0.117. The van der Waals surface area contributed by atoms with Crippen LogP contribution in [0.15, 0.2) is 77.3 Å². The van der Waals surface area contributed by atoms with Crippen molar-refractivity contribution >= 4 is 62.7 Å². The van der Waals surface area contributed by atoms with Crippen molar-refractivity contribution in [1.29, 1.82) is 0 Å². The fourth-order valence-corrected chi connectivity index (χ4v) is 6.02. The first-order valence-electron chi connectivity index (χ1n) is 11.7. The molecule has 2 amide bonds. The van der Waals surface area contributed by atoms with Gasteiger partial charge in [-0.1, -0.05) is 90.2 Å². The van der Waals surface area contributed by atoms with Crippen LogP contribution in [0, 0.1) is 6.92 Å². The van der Waals surface area contributed by atoms with Gasteiger partial charge in [-0.3, -0.25) is 14.5 Å². The van der Waals surface area contributed by atoms with E-state index in [0.29, 0.717) is 27.3 Å².